The maximum absolute atomic E-state index is 13.0. The SMILES string of the molecule is O=C(c1ccc(C[C@@H]2CC[C@H]([C@H](O)COc3ccccc3)N2)cc1)N1CCN(Cc2ccncn2)CC1. The second-order valence-electron chi connectivity index (χ2n) is 9.91. The van der Waals surface area contributed by atoms with Crippen LogP contribution in [0.4, 0.5) is 0 Å². The Hall–Kier alpha value is -3.33. The zero-order valence-corrected chi connectivity index (χ0v) is 21.1. The summed E-state index contributed by atoms with van der Waals surface area (Å²) in [5.74, 6) is 0.865. The highest BCUT2D eigenvalue weighted by atomic mass is 16.5. The van der Waals surface area contributed by atoms with E-state index in [1.807, 2.05) is 53.4 Å². The first kappa shape index (κ1) is 25.3. The molecule has 2 aliphatic heterocycles. The van der Waals surface area contributed by atoms with Gasteiger partial charge in [0.05, 0.1) is 5.69 Å². The van der Waals surface area contributed by atoms with Crippen molar-refractivity contribution in [2.24, 2.45) is 0 Å². The third-order valence-corrected chi connectivity index (χ3v) is 7.28. The van der Waals surface area contributed by atoms with Gasteiger partial charge in [0.15, 0.2) is 0 Å². The minimum Gasteiger partial charge on any atom is -0.491 e. The molecule has 0 spiro atoms. The van der Waals surface area contributed by atoms with Crippen LogP contribution in [-0.4, -0.2) is 81.8 Å². The van der Waals surface area contributed by atoms with Crippen LogP contribution in [0.5, 0.6) is 5.75 Å². The Bertz CT molecular complexity index is 1120. The van der Waals surface area contributed by atoms with Crippen LogP contribution in [0.3, 0.4) is 0 Å². The summed E-state index contributed by atoms with van der Waals surface area (Å²) in [6.07, 6.45) is 5.59. The van der Waals surface area contributed by atoms with E-state index >= 15 is 0 Å². The van der Waals surface area contributed by atoms with Gasteiger partial charge in [0, 0.05) is 56.6 Å². The van der Waals surface area contributed by atoms with Gasteiger partial charge in [-0.25, -0.2) is 9.97 Å². The van der Waals surface area contributed by atoms with E-state index in [1.54, 1.807) is 12.5 Å². The summed E-state index contributed by atoms with van der Waals surface area (Å²) in [4.78, 5) is 25.6. The number of hydrogen-bond donors (Lipinski definition) is 2. The van der Waals surface area contributed by atoms with Gasteiger partial charge in [-0.05, 0) is 55.2 Å². The van der Waals surface area contributed by atoms with E-state index in [1.165, 1.54) is 5.56 Å². The summed E-state index contributed by atoms with van der Waals surface area (Å²) in [7, 11) is 0. The minimum atomic E-state index is -0.549. The third-order valence-electron chi connectivity index (χ3n) is 7.28. The van der Waals surface area contributed by atoms with Crippen molar-refractivity contribution in [3.63, 3.8) is 0 Å². The Morgan fingerprint density at radius 1 is 1.03 bits per heavy atom. The topological polar surface area (TPSA) is 90.8 Å². The van der Waals surface area contributed by atoms with Crippen LogP contribution in [0, 0.1) is 0 Å². The largest absolute Gasteiger partial charge is 0.491 e. The summed E-state index contributed by atoms with van der Waals surface area (Å²) in [6.45, 7) is 4.17. The molecule has 3 heterocycles. The van der Waals surface area contributed by atoms with Crippen molar-refractivity contribution in [2.75, 3.05) is 32.8 Å². The molecule has 0 saturated carbocycles. The molecule has 2 saturated heterocycles. The number of aliphatic hydroxyl groups excluding tert-OH is 1. The lowest BCUT2D eigenvalue weighted by Crippen LogP contribution is -2.48. The Morgan fingerprint density at radius 2 is 1.81 bits per heavy atom. The minimum absolute atomic E-state index is 0.0302. The monoisotopic (exact) mass is 501 g/mol. The number of piperazine rings is 1. The maximum atomic E-state index is 13.0. The molecule has 8 nitrogen and oxygen atoms in total. The van der Waals surface area contributed by atoms with E-state index in [-0.39, 0.29) is 18.6 Å². The van der Waals surface area contributed by atoms with Gasteiger partial charge in [-0.2, -0.15) is 0 Å². The average Bonchev–Trinajstić information content (AvgIpc) is 3.42. The summed E-state index contributed by atoms with van der Waals surface area (Å²) in [5.41, 5.74) is 2.93. The van der Waals surface area contributed by atoms with Crippen LogP contribution in [0.25, 0.3) is 0 Å². The number of rotatable bonds is 9. The van der Waals surface area contributed by atoms with E-state index in [0.717, 1.165) is 69.0 Å². The third kappa shape index (κ3) is 6.91. The van der Waals surface area contributed by atoms with Gasteiger partial charge in [-0.3, -0.25) is 9.69 Å². The summed E-state index contributed by atoms with van der Waals surface area (Å²) >= 11 is 0. The zero-order chi connectivity index (χ0) is 25.5. The van der Waals surface area contributed by atoms with Gasteiger partial charge in [0.1, 0.15) is 24.8 Å². The standard InChI is InChI=1S/C29H35N5O3/c35-28(20-37-26-4-2-1-3-5-26)27-11-10-24(32-27)18-22-6-8-23(9-7-22)29(36)34-16-14-33(15-17-34)19-25-12-13-30-21-31-25/h1-9,12-13,21,24,27-28,32,35H,10-11,14-20H2/t24-,27+,28+/m0/s1. The first-order valence-electron chi connectivity index (χ1n) is 13.1. The molecule has 0 unspecified atom stereocenters. The highest BCUT2D eigenvalue weighted by Gasteiger charge is 2.29. The van der Waals surface area contributed by atoms with Crippen LogP contribution >= 0.6 is 0 Å². The second-order valence-corrected chi connectivity index (χ2v) is 9.91. The van der Waals surface area contributed by atoms with E-state index in [2.05, 4.69) is 32.3 Å². The predicted molar refractivity (Wildman–Crippen MR) is 141 cm³/mol. The van der Waals surface area contributed by atoms with Crippen molar-refractivity contribution in [3.05, 3.63) is 90.0 Å². The molecule has 0 bridgehead atoms. The fourth-order valence-corrected chi connectivity index (χ4v) is 5.13. The molecule has 5 rings (SSSR count). The number of aromatic nitrogens is 2. The van der Waals surface area contributed by atoms with Crippen molar-refractivity contribution < 1.29 is 14.6 Å². The maximum Gasteiger partial charge on any atom is 0.253 e. The molecular formula is C29H35N5O3. The van der Waals surface area contributed by atoms with Gasteiger partial charge in [0.25, 0.3) is 5.91 Å². The molecule has 8 heteroatoms. The smallest absolute Gasteiger partial charge is 0.253 e. The van der Waals surface area contributed by atoms with Crippen LogP contribution in [0.2, 0.25) is 0 Å². The molecule has 0 aliphatic carbocycles. The number of nitrogens with one attached hydrogen (secondary N) is 1. The van der Waals surface area contributed by atoms with Crippen molar-refractivity contribution in [2.45, 2.75) is 44.0 Å². The fourth-order valence-electron chi connectivity index (χ4n) is 5.13. The molecule has 3 atom stereocenters. The molecule has 0 radical (unpaired) electrons. The average molecular weight is 502 g/mol. The zero-order valence-electron chi connectivity index (χ0n) is 21.1. The van der Waals surface area contributed by atoms with E-state index < -0.39 is 6.10 Å². The number of hydrogen-bond acceptors (Lipinski definition) is 7. The van der Waals surface area contributed by atoms with Gasteiger partial charge in [-0.1, -0.05) is 30.3 Å². The number of para-hydroxylation sites is 1. The molecule has 1 aromatic heterocycles. The molecule has 2 N–H and O–H groups in total. The summed E-state index contributed by atoms with van der Waals surface area (Å²) in [6, 6.07) is 19.9. The number of amides is 1. The molecule has 2 aliphatic rings. The molecule has 194 valence electrons. The van der Waals surface area contributed by atoms with Crippen LogP contribution in [-0.2, 0) is 13.0 Å². The lowest BCUT2D eigenvalue weighted by atomic mass is 10.0. The number of ether oxygens (including phenoxy) is 1. The molecule has 37 heavy (non-hydrogen) atoms. The number of aliphatic hydroxyl groups is 1. The summed E-state index contributed by atoms with van der Waals surface area (Å²) in [5, 5.41) is 14.1. The van der Waals surface area contributed by atoms with E-state index in [9.17, 15) is 9.90 Å². The molecule has 2 fully saturated rings. The molecule has 3 aromatic rings. The van der Waals surface area contributed by atoms with Crippen molar-refractivity contribution >= 4 is 5.91 Å². The van der Waals surface area contributed by atoms with Crippen LogP contribution in [0.1, 0.15) is 34.5 Å². The van der Waals surface area contributed by atoms with Crippen molar-refractivity contribution in [1.29, 1.82) is 0 Å². The van der Waals surface area contributed by atoms with E-state index in [0.29, 0.717) is 6.04 Å². The van der Waals surface area contributed by atoms with Gasteiger partial charge >= 0.3 is 0 Å². The van der Waals surface area contributed by atoms with Crippen molar-refractivity contribution in [3.8, 4) is 5.75 Å². The Labute approximate surface area is 218 Å². The first-order chi connectivity index (χ1) is 18.1. The van der Waals surface area contributed by atoms with E-state index in [4.69, 9.17) is 4.74 Å². The Balaban J connectivity index is 1.05. The van der Waals surface area contributed by atoms with Crippen LogP contribution < -0.4 is 10.1 Å². The molecular weight excluding hydrogens is 466 g/mol. The summed E-state index contributed by atoms with van der Waals surface area (Å²) < 4.78 is 5.72. The predicted octanol–water partition coefficient (Wildman–Crippen LogP) is 2.54. The molecule has 2 aromatic carbocycles. The normalized spacial score (nSPS) is 21.1. The Kier molecular flexibility index (Phi) is 8.40. The number of nitrogens with zero attached hydrogens (tertiary/aromatic N) is 4. The fraction of sp³-hybridized carbons (Fsp3) is 0.414. The number of carbonyl (C=O) groups is 1. The first-order valence-corrected chi connectivity index (χ1v) is 13.1. The highest BCUT2D eigenvalue weighted by molar-refractivity contribution is 5.94. The molecule has 1 amide bonds. The van der Waals surface area contributed by atoms with Gasteiger partial charge in [-0.15, -0.1) is 0 Å². The highest BCUT2D eigenvalue weighted by Crippen LogP contribution is 2.21. The van der Waals surface area contributed by atoms with Crippen LogP contribution in [0.15, 0.2) is 73.2 Å². The van der Waals surface area contributed by atoms with Gasteiger partial charge in [0.2, 0.25) is 0 Å². The second kappa shape index (κ2) is 12.3. The lowest BCUT2D eigenvalue weighted by molar-refractivity contribution is 0.0627. The quantitative estimate of drug-likeness (QED) is 0.466. The Morgan fingerprint density at radius 3 is 2.54 bits per heavy atom. The van der Waals surface area contributed by atoms with Gasteiger partial charge < -0.3 is 20.1 Å². The lowest BCUT2D eigenvalue weighted by Gasteiger charge is -2.34. The number of carbonyl (C=O) groups excluding carboxylic acids is 1. The van der Waals surface area contributed by atoms with Crippen molar-refractivity contribution in [1.82, 2.24) is 25.1 Å². The number of benzene rings is 2.